The van der Waals surface area contributed by atoms with E-state index in [0.717, 1.165) is 45.3 Å². The van der Waals surface area contributed by atoms with Crippen molar-refractivity contribution < 1.29 is 9.53 Å². The zero-order valence-electron chi connectivity index (χ0n) is 18.2. The summed E-state index contributed by atoms with van der Waals surface area (Å²) in [6.45, 7) is 1.31. The van der Waals surface area contributed by atoms with Crippen molar-refractivity contribution in [3.05, 3.63) is 65.3 Å². The van der Waals surface area contributed by atoms with Crippen molar-refractivity contribution >= 4 is 28.4 Å². The lowest BCUT2D eigenvalue weighted by atomic mass is 9.98. The molecule has 1 aliphatic rings. The minimum absolute atomic E-state index is 0.119. The SMILES string of the molecule is COc1nc(-c2cccc(-c3cccc4[nH]ncc34)c2Cl)ccc1CNC[C@@H]1CCC(=O)N1. The van der Waals surface area contributed by atoms with E-state index in [1.165, 1.54) is 0 Å². The van der Waals surface area contributed by atoms with Crippen LogP contribution >= 0.6 is 11.6 Å². The second-order valence-electron chi connectivity index (χ2n) is 8.10. The molecule has 1 fully saturated rings. The van der Waals surface area contributed by atoms with Crippen molar-refractivity contribution in [3.63, 3.8) is 0 Å². The molecule has 0 unspecified atom stereocenters. The molecule has 0 bridgehead atoms. The van der Waals surface area contributed by atoms with E-state index in [9.17, 15) is 4.79 Å². The predicted octanol–water partition coefficient (Wildman–Crippen LogP) is 4.32. The van der Waals surface area contributed by atoms with Gasteiger partial charge < -0.3 is 15.4 Å². The molecule has 168 valence electrons. The summed E-state index contributed by atoms with van der Waals surface area (Å²) < 4.78 is 5.57. The highest BCUT2D eigenvalue weighted by molar-refractivity contribution is 6.36. The summed E-state index contributed by atoms with van der Waals surface area (Å²) in [7, 11) is 1.62. The molecule has 0 radical (unpaired) electrons. The van der Waals surface area contributed by atoms with Gasteiger partial charge in [-0.15, -0.1) is 0 Å². The van der Waals surface area contributed by atoms with E-state index >= 15 is 0 Å². The highest BCUT2D eigenvalue weighted by Gasteiger charge is 2.20. The van der Waals surface area contributed by atoms with Gasteiger partial charge in [0, 0.05) is 47.6 Å². The second-order valence-corrected chi connectivity index (χ2v) is 8.48. The molecule has 1 atom stereocenters. The number of hydrogen-bond acceptors (Lipinski definition) is 5. The van der Waals surface area contributed by atoms with Crippen LogP contribution in [0.4, 0.5) is 0 Å². The predicted molar refractivity (Wildman–Crippen MR) is 129 cm³/mol. The summed E-state index contributed by atoms with van der Waals surface area (Å²) in [5.74, 6) is 0.669. The van der Waals surface area contributed by atoms with Gasteiger partial charge >= 0.3 is 0 Å². The maximum absolute atomic E-state index is 11.4. The number of methoxy groups -OCH3 is 1. The number of H-pyrrole nitrogens is 1. The van der Waals surface area contributed by atoms with Crippen LogP contribution in [0.2, 0.25) is 5.02 Å². The second kappa shape index (κ2) is 9.21. The summed E-state index contributed by atoms with van der Waals surface area (Å²) in [6.07, 6.45) is 3.27. The first-order valence-corrected chi connectivity index (χ1v) is 11.3. The van der Waals surface area contributed by atoms with Crippen LogP contribution in [0.5, 0.6) is 5.88 Å². The molecule has 3 heterocycles. The number of carbonyl (C=O) groups is 1. The van der Waals surface area contributed by atoms with Crippen molar-refractivity contribution in [3.8, 4) is 28.3 Å². The van der Waals surface area contributed by atoms with Crippen LogP contribution < -0.4 is 15.4 Å². The van der Waals surface area contributed by atoms with Gasteiger partial charge in [0.1, 0.15) is 0 Å². The van der Waals surface area contributed by atoms with Crippen LogP contribution in [-0.4, -0.2) is 40.8 Å². The van der Waals surface area contributed by atoms with Crippen molar-refractivity contribution in [1.82, 2.24) is 25.8 Å². The summed E-state index contributed by atoms with van der Waals surface area (Å²) in [6, 6.07) is 16.1. The molecule has 1 amide bonds. The molecule has 2 aromatic carbocycles. The van der Waals surface area contributed by atoms with Gasteiger partial charge in [-0.2, -0.15) is 5.10 Å². The fraction of sp³-hybridized carbons (Fsp3) is 0.240. The number of nitrogens with zero attached hydrogens (tertiary/aromatic N) is 2. The Balaban J connectivity index is 1.41. The van der Waals surface area contributed by atoms with E-state index in [1.54, 1.807) is 7.11 Å². The highest BCUT2D eigenvalue weighted by atomic mass is 35.5. The zero-order chi connectivity index (χ0) is 22.8. The highest BCUT2D eigenvalue weighted by Crippen LogP contribution is 2.38. The van der Waals surface area contributed by atoms with Crippen LogP contribution in [0.25, 0.3) is 33.3 Å². The number of fused-ring (bicyclic) bond motifs is 1. The summed E-state index contributed by atoms with van der Waals surface area (Å²) in [5.41, 5.74) is 5.42. The van der Waals surface area contributed by atoms with Gasteiger partial charge in [0.2, 0.25) is 11.8 Å². The van der Waals surface area contributed by atoms with Gasteiger partial charge in [-0.25, -0.2) is 4.98 Å². The topological polar surface area (TPSA) is 91.9 Å². The van der Waals surface area contributed by atoms with Crippen molar-refractivity contribution in [1.29, 1.82) is 0 Å². The number of ether oxygens (including phenoxy) is 1. The molecule has 7 nitrogen and oxygen atoms in total. The standard InChI is InChI=1S/C25H24ClN5O2/c1-33-25-15(12-27-13-16-9-11-23(32)29-16)8-10-21(30-25)19-6-2-5-18(24(19)26)17-4-3-7-22-20(17)14-28-31-22/h2-8,10,14,16,27H,9,11-13H2,1H3,(H,28,31)(H,29,32)/t16-/m0/s1. The first-order valence-electron chi connectivity index (χ1n) is 10.9. The lowest BCUT2D eigenvalue weighted by Crippen LogP contribution is -2.35. The van der Waals surface area contributed by atoms with Crippen LogP contribution in [0.1, 0.15) is 18.4 Å². The monoisotopic (exact) mass is 461 g/mol. The third kappa shape index (κ3) is 4.29. The summed E-state index contributed by atoms with van der Waals surface area (Å²) >= 11 is 6.89. The Labute approximate surface area is 196 Å². The molecular weight excluding hydrogens is 438 g/mol. The molecule has 0 aliphatic carbocycles. The third-order valence-electron chi connectivity index (χ3n) is 5.97. The first-order chi connectivity index (χ1) is 16.1. The number of nitrogens with one attached hydrogen (secondary N) is 3. The van der Waals surface area contributed by atoms with Crippen LogP contribution in [0, 0.1) is 0 Å². The van der Waals surface area contributed by atoms with E-state index < -0.39 is 0 Å². The summed E-state index contributed by atoms with van der Waals surface area (Å²) in [5, 5.41) is 15.2. The number of aromatic nitrogens is 3. The molecule has 1 aliphatic heterocycles. The lowest BCUT2D eigenvalue weighted by molar-refractivity contribution is -0.119. The number of hydrogen-bond donors (Lipinski definition) is 3. The normalized spacial score (nSPS) is 15.7. The van der Waals surface area contributed by atoms with E-state index in [4.69, 9.17) is 21.3 Å². The minimum Gasteiger partial charge on any atom is -0.481 e. The van der Waals surface area contributed by atoms with Crippen LogP contribution in [0.3, 0.4) is 0 Å². The number of aromatic amines is 1. The Morgan fingerprint density at radius 2 is 1.94 bits per heavy atom. The van der Waals surface area contributed by atoms with Crippen molar-refractivity contribution in [2.75, 3.05) is 13.7 Å². The van der Waals surface area contributed by atoms with Gasteiger partial charge in [-0.05, 0) is 24.1 Å². The Morgan fingerprint density at radius 1 is 1.12 bits per heavy atom. The zero-order valence-corrected chi connectivity index (χ0v) is 18.9. The molecular formula is C25H24ClN5O2. The first kappa shape index (κ1) is 21.4. The fourth-order valence-electron chi connectivity index (χ4n) is 4.28. The summed E-state index contributed by atoms with van der Waals surface area (Å²) in [4.78, 5) is 16.1. The number of benzene rings is 2. The van der Waals surface area contributed by atoms with E-state index in [1.807, 2.05) is 54.7 Å². The Kier molecular flexibility index (Phi) is 5.98. The molecule has 5 rings (SSSR count). The lowest BCUT2D eigenvalue weighted by Gasteiger charge is -2.15. The number of rotatable bonds is 7. The van der Waals surface area contributed by atoms with Gasteiger partial charge in [-0.1, -0.05) is 48.0 Å². The largest absolute Gasteiger partial charge is 0.481 e. The molecule has 3 N–H and O–H groups in total. The molecule has 0 saturated carbocycles. The third-order valence-corrected chi connectivity index (χ3v) is 6.38. The van der Waals surface area contributed by atoms with E-state index in [2.05, 4.69) is 20.8 Å². The van der Waals surface area contributed by atoms with Gasteiger partial charge in [0.25, 0.3) is 0 Å². The van der Waals surface area contributed by atoms with E-state index in [-0.39, 0.29) is 11.9 Å². The number of pyridine rings is 1. The number of amides is 1. The molecule has 33 heavy (non-hydrogen) atoms. The van der Waals surface area contributed by atoms with Gasteiger partial charge in [0.05, 0.1) is 29.5 Å². The average molecular weight is 462 g/mol. The maximum Gasteiger partial charge on any atom is 0.220 e. The molecule has 0 spiro atoms. The maximum atomic E-state index is 11.4. The van der Waals surface area contributed by atoms with Crippen LogP contribution in [0.15, 0.2) is 54.7 Å². The van der Waals surface area contributed by atoms with Crippen molar-refractivity contribution in [2.24, 2.45) is 0 Å². The molecule has 2 aromatic heterocycles. The van der Waals surface area contributed by atoms with Crippen molar-refractivity contribution in [2.45, 2.75) is 25.4 Å². The number of carbonyl (C=O) groups excluding carboxylic acids is 1. The molecule has 8 heteroatoms. The Bertz CT molecular complexity index is 1320. The smallest absolute Gasteiger partial charge is 0.220 e. The molecule has 1 saturated heterocycles. The van der Waals surface area contributed by atoms with Gasteiger partial charge in [-0.3, -0.25) is 9.89 Å². The minimum atomic E-state index is 0.119. The quantitative estimate of drug-likeness (QED) is 0.381. The van der Waals surface area contributed by atoms with Crippen LogP contribution in [-0.2, 0) is 11.3 Å². The molecule has 4 aromatic rings. The number of halogens is 1. The fourth-order valence-corrected chi connectivity index (χ4v) is 4.61. The van der Waals surface area contributed by atoms with E-state index in [0.29, 0.717) is 30.4 Å². The Hall–Kier alpha value is -3.42. The van der Waals surface area contributed by atoms with Gasteiger partial charge in [0.15, 0.2) is 0 Å². The average Bonchev–Trinajstić information content (AvgIpc) is 3.48. The Morgan fingerprint density at radius 3 is 2.76 bits per heavy atom.